The van der Waals surface area contributed by atoms with Crippen LogP contribution in [-0.2, 0) is 10.0 Å². The maximum absolute atomic E-state index is 13.0. The molecular weight excluding hydrogens is 464 g/mol. The summed E-state index contributed by atoms with van der Waals surface area (Å²) in [6, 6.07) is 11.1. The molecule has 1 heterocycles. The van der Waals surface area contributed by atoms with E-state index in [1.54, 1.807) is 43.3 Å². The van der Waals surface area contributed by atoms with Gasteiger partial charge < -0.3 is 9.47 Å². The highest BCUT2D eigenvalue weighted by Crippen LogP contribution is 2.30. The Balaban J connectivity index is 1.81. The molecule has 31 heavy (non-hydrogen) atoms. The number of ether oxygens (including phenoxy) is 2. The van der Waals surface area contributed by atoms with Crippen molar-refractivity contribution in [2.45, 2.75) is 11.3 Å². The minimum Gasteiger partial charge on any atom is -0.493 e. The lowest BCUT2D eigenvalue weighted by Gasteiger charge is -2.21. The van der Waals surface area contributed by atoms with E-state index in [0.717, 1.165) is 11.3 Å². The summed E-state index contributed by atoms with van der Waals surface area (Å²) >= 11 is 6.64. The van der Waals surface area contributed by atoms with Crippen molar-refractivity contribution in [1.29, 1.82) is 0 Å². The molecule has 1 aromatic heterocycles. The zero-order chi connectivity index (χ0) is 22.6. The molecule has 0 saturated heterocycles. The van der Waals surface area contributed by atoms with Crippen molar-refractivity contribution in [1.82, 2.24) is 10.2 Å². The Morgan fingerprint density at radius 1 is 1.10 bits per heavy atom. The van der Waals surface area contributed by atoms with Gasteiger partial charge in [-0.15, -0.1) is 10.2 Å². The number of hydrogen-bond acceptors (Lipinski definition) is 8. The van der Waals surface area contributed by atoms with Crippen molar-refractivity contribution in [3.63, 3.8) is 0 Å². The van der Waals surface area contributed by atoms with Gasteiger partial charge in [0.1, 0.15) is 0 Å². The van der Waals surface area contributed by atoms with Crippen molar-refractivity contribution in [2.24, 2.45) is 0 Å². The van der Waals surface area contributed by atoms with Crippen LogP contribution in [0.4, 0.5) is 10.8 Å². The average molecular weight is 483 g/mol. The maximum atomic E-state index is 13.0. The summed E-state index contributed by atoms with van der Waals surface area (Å²) in [4.78, 5) is 12.5. The molecule has 0 aliphatic heterocycles. The number of aromatic nitrogens is 2. The average Bonchev–Trinajstić information content (AvgIpc) is 3.24. The number of anilines is 2. The molecule has 3 aromatic rings. The highest BCUT2D eigenvalue weighted by atomic mass is 35.5. The second-order valence-corrected chi connectivity index (χ2v) is 9.49. The van der Waals surface area contributed by atoms with Crippen LogP contribution in [0.5, 0.6) is 11.5 Å². The van der Waals surface area contributed by atoms with E-state index in [-0.39, 0.29) is 21.6 Å². The van der Waals surface area contributed by atoms with Gasteiger partial charge in [0.2, 0.25) is 5.13 Å². The van der Waals surface area contributed by atoms with Gasteiger partial charge in [-0.3, -0.25) is 14.4 Å². The Morgan fingerprint density at radius 3 is 2.39 bits per heavy atom. The summed E-state index contributed by atoms with van der Waals surface area (Å²) in [5.41, 5.74) is 0.728. The molecule has 1 N–H and O–H groups in total. The number of sulfonamides is 1. The van der Waals surface area contributed by atoms with E-state index in [0.29, 0.717) is 22.2 Å². The molecule has 1 amide bonds. The Morgan fingerprint density at radius 2 is 1.77 bits per heavy atom. The summed E-state index contributed by atoms with van der Waals surface area (Å²) in [5.74, 6) is 0.369. The van der Waals surface area contributed by atoms with Gasteiger partial charge in [-0.25, -0.2) is 0 Å². The van der Waals surface area contributed by atoms with Crippen LogP contribution in [0.25, 0.3) is 0 Å². The monoisotopic (exact) mass is 482 g/mol. The minimum absolute atomic E-state index is 0.0468. The molecule has 9 nitrogen and oxygen atoms in total. The summed E-state index contributed by atoms with van der Waals surface area (Å²) in [6.07, 6.45) is 0. The molecular formula is C19H19ClN4O5S2. The summed E-state index contributed by atoms with van der Waals surface area (Å²) in [7, 11) is -1.02. The number of hydrogen-bond donors (Lipinski definition) is 1. The van der Waals surface area contributed by atoms with Gasteiger partial charge >= 0.3 is 0 Å². The highest BCUT2D eigenvalue weighted by Gasteiger charge is 2.28. The number of carbonyl (C=O) groups excluding carboxylic acids is 1. The van der Waals surface area contributed by atoms with Crippen LogP contribution in [-0.4, -0.2) is 45.3 Å². The lowest BCUT2D eigenvalue weighted by atomic mass is 10.2. The maximum Gasteiger partial charge on any atom is 0.293 e. The first-order chi connectivity index (χ1) is 14.8. The predicted octanol–water partition coefficient (Wildman–Crippen LogP) is 3.68. The molecule has 0 aliphatic carbocycles. The van der Waals surface area contributed by atoms with Crippen LogP contribution >= 0.6 is 22.9 Å². The molecule has 0 unspecified atom stereocenters. The second kappa shape index (κ2) is 9.50. The number of amides is 1. The third-order valence-electron chi connectivity index (χ3n) is 4.19. The first-order valence-corrected chi connectivity index (χ1v) is 11.6. The first kappa shape index (κ1) is 22.8. The lowest BCUT2D eigenvalue weighted by Crippen LogP contribution is -2.30. The van der Waals surface area contributed by atoms with Crippen LogP contribution < -0.4 is 19.1 Å². The van der Waals surface area contributed by atoms with Crippen LogP contribution in [0, 0.1) is 0 Å². The Labute approximate surface area is 188 Å². The Kier molecular flexibility index (Phi) is 6.98. The lowest BCUT2D eigenvalue weighted by molar-refractivity contribution is 0.102. The van der Waals surface area contributed by atoms with E-state index >= 15 is 0 Å². The molecule has 3 rings (SSSR count). The van der Waals surface area contributed by atoms with Crippen molar-refractivity contribution in [2.75, 3.05) is 30.4 Å². The van der Waals surface area contributed by atoms with Crippen LogP contribution in [0.2, 0.25) is 5.02 Å². The smallest absolute Gasteiger partial charge is 0.293 e. The molecule has 0 bridgehead atoms. The van der Waals surface area contributed by atoms with Gasteiger partial charge in [-0.1, -0.05) is 22.9 Å². The Hall–Kier alpha value is -2.89. The largest absolute Gasteiger partial charge is 0.493 e. The van der Waals surface area contributed by atoms with E-state index in [4.69, 9.17) is 21.1 Å². The topological polar surface area (TPSA) is 111 Å². The number of carbonyl (C=O) groups is 1. The SMILES string of the molecule is CCN(c1ccc(Cl)cc1)S(=O)(=O)c1nnc(NC(=O)c2ccc(OC)c(OC)c2)s1. The molecule has 0 saturated carbocycles. The number of benzene rings is 2. The van der Waals surface area contributed by atoms with Gasteiger partial charge in [0, 0.05) is 17.1 Å². The quantitative estimate of drug-likeness (QED) is 0.487. The van der Waals surface area contributed by atoms with Gasteiger partial charge in [-0.2, -0.15) is 8.42 Å². The number of methoxy groups -OCH3 is 2. The third kappa shape index (κ3) is 4.89. The van der Waals surface area contributed by atoms with E-state index in [9.17, 15) is 13.2 Å². The van der Waals surface area contributed by atoms with Crippen LogP contribution in [0.3, 0.4) is 0 Å². The molecule has 0 fully saturated rings. The van der Waals surface area contributed by atoms with Crippen molar-refractivity contribution in [3.05, 3.63) is 53.1 Å². The summed E-state index contributed by atoms with van der Waals surface area (Å²) in [6.45, 7) is 1.88. The number of halogens is 1. The molecule has 12 heteroatoms. The van der Waals surface area contributed by atoms with Gasteiger partial charge in [0.05, 0.1) is 19.9 Å². The molecule has 0 atom stereocenters. The van der Waals surface area contributed by atoms with Crippen molar-refractivity contribution < 1.29 is 22.7 Å². The standard InChI is InChI=1S/C19H19ClN4O5S2/c1-4-24(14-8-6-13(20)7-9-14)31(26,27)19-23-22-18(30-19)21-17(25)12-5-10-15(28-2)16(11-12)29-3/h5-11H,4H2,1-3H3,(H,21,22,25). The van der Waals surface area contributed by atoms with Crippen molar-refractivity contribution in [3.8, 4) is 11.5 Å². The molecule has 0 aliphatic rings. The predicted molar refractivity (Wildman–Crippen MR) is 119 cm³/mol. The number of nitrogens with one attached hydrogen (secondary N) is 1. The number of rotatable bonds is 8. The zero-order valence-electron chi connectivity index (χ0n) is 16.8. The second-order valence-electron chi connectivity index (χ2n) is 6.04. The van der Waals surface area contributed by atoms with Gasteiger partial charge in [0.25, 0.3) is 20.3 Å². The summed E-state index contributed by atoms with van der Waals surface area (Å²) < 4.78 is 37.3. The van der Waals surface area contributed by atoms with Crippen molar-refractivity contribution >= 4 is 49.7 Å². The zero-order valence-corrected chi connectivity index (χ0v) is 19.2. The highest BCUT2D eigenvalue weighted by molar-refractivity contribution is 7.94. The number of nitrogens with zero attached hydrogens (tertiary/aromatic N) is 3. The molecule has 2 aromatic carbocycles. The normalized spacial score (nSPS) is 11.1. The van der Waals surface area contributed by atoms with Crippen LogP contribution in [0.1, 0.15) is 17.3 Å². The molecule has 164 valence electrons. The summed E-state index contributed by atoms with van der Waals surface area (Å²) in [5, 5.41) is 10.7. The van der Waals surface area contributed by atoms with Crippen LogP contribution in [0.15, 0.2) is 46.8 Å². The Bertz CT molecular complexity index is 1180. The van der Waals surface area contributed by atoms with E-state index in [1.165, 1.54) is 24.6 Å². The van der Waals surface area contributed by atoms with E-state index < -0.39 is 15.9 Å². The third-order valence-corrected chi connectivity index (χ3v) is 7.52. The fourth-order valence-electron chi connectivity index (χ4n) is 2.70. The fourth-order valence-corrected chi connectivity index (χ4v) is 5.30. The van der Waals surface area contributed by atoms with E-state index in [2.05, 4.69) is 15.5 Å². The minimum atomic E-state index is -3.97. The molecule has 0 radical (unpaired) electrons. The van der Waals surface area contributed by atoms with Gasteiger partial charge in [0.15, 0.2) is 11.5 Å². The fraction of sp³-hybridized carbons (Fsp3) is 0.211. The first-order valence-electron chi connectivity index (χ1n) is 8.95. The van der Waals surface area contributed by atoms with Gasteiger partial charge in [-0.05, 0) is 49.4 Å². The van der Waals surface area contributed by atoms with E-state index in [1.807, 2.05) is 0 Å². The molecule has 0 spiro atoms.